The summed E-state index contributed by atoms with van der Waals surface area (Å²) < 4.78 is 6.44. The third-order valence-corrected chi connectivity index (χ3v) is 6.17. The highest BCUT2D eigenvalue weighted by atomic mass is 35.5. The first kappa shape index (κ1) is 19.1. The lowest BCUT2D eigenvalue weighted by Crippen LogP contribution is -2.42. The molecule has 0 saturated heterocycles. The van der Waals surface area contributed by atoms with Crippen molar-refractivity contribution in [3.63, 3.8) is 0 Å². The Kier molecular flexibility index (Phi) is 5.48. The summed E-state index contributed by atoms with van der Waals surface area (Å²) in [6, 6.07) is 12.0. The standard InChI is InChI=1S/C20H21ClN4O2S/c1-13-22-23-20(27-13)17-9-14-5-3-4-6-15(14)10-25(17)12-19(26)24(2)11-16-7-8-18(21)28-16/h3-8,17H,9-12H2,1-2H3. The smallest absolute Gasteiger partial charge is 0.236 e. The maximum absolute atomic E-state index is 12.9. The highest BCUT2D eigenvalue weighted by Gasteiger charge is 2.32. The predicted octanol–water partition coefficient (Wildman–Crippen LogP) is 3.85. The molecule has 0 bridgehead atoms. The first-order chi connectivity index (χ1) is 13.5. The third kappa shape index (κ3) is 4.11. The average Bonchev–Trinajstić information content (AvgIpc) is 3.29. The molecule has 1 amide bonds. The van der Waals surface area contributed by atoms with Crippen molar-refractivity contribution in [2.75, 3.05) is 13.6 Å². The Morgan fingerprint density at radius 2 is 2.07 bits per heavy atom. The molecule has 28 heavy (non-hydrogen) atoms. The molecule has 0 N–H and O–H groups in total. The van der Waals surface area contributed by atoms with E-state index in [1.165, 1.54) is 22.5 Å². The van der Waals surface area contributed by atoms with Crippen molar-refractivity contribution < 1.29 is 9.21 Å². The Morgan fingerprint density at radius 1 is 1.29 bits per heavy atom. The maximum Gasteiger partial charge on any atom is 0.236 e. The van der Waals surface area contributed by atoms with Crippen LogP contribution in [-0.2, 0) is 24.3 Å². The van der Waals surface area contributed by atoms with E-state index in [-0.39, 0.29) is 18.5 Å². The van der Waals surface area contributed by atoms with E-state index in [9.17, 15) is 4.79 Å². The SMILES string of the molecule is Cc1nnc(C2Cc3ccccc3CN2CC(=O)N(C)Cc2ccc(Cl)s2)o1. The van der Waals surface area contributed by atoms with E-state index in [0.717, 1.165) is 15.6 Å². The second-order valence-electron chi connectivity index (χ2n) is 7.01. The number of aromatic nitrogens is 2. The fourth-order valence-electron chi connectivity index (χ4n) is 3.49. The zero-order valence-corrected chi connectivity index (χ0v) is 17.3. The van der Waals surface area contributed by atoms with Gasteiger partial charge >= 0.3 is 0 Å². The van der Waals surface area contributed by atoms with Crippen LogP contribution in [0.1, 0.15) is 33.8 Å². The van der Waals surface area contributed by atoms with E-state index in [2.05, 4.69) is 27.2 Å². The average molecular weight is 417 g/mol. The van der Waals surface area contributed by atoms with Crippen LogP contribution in [0, 0.1) is 6.92 Å². The zero-order valence-electron chi connectivity index (χ0n) is 15.8. The van der Waals surface area contributed by atoms with Crippen LogP contribution < -0.4 is 0 Å². The minimum absolute atomic E-state index is 0.0464. The molecule has 1 aromatic carbocycles. The molecule has 0 spiro atoms. The van der Waals surface area contributed by atoms with Crippen LogP contribution in [0.3, 0.4) is 0 Å². The molecule has 8 heteroatoms. The number of aryl methyl sites for hydroxylation is 1. The van der Waals surface area contributed by atoms with E-state index >= 15 is 0 Å². The summed E-state index contributed by atoms with van der Waals surface area (Å²) in [5, 5.41) is 8.19. The maximum atomic E-state index is 12.9. The summed E-state index contributed by atoms with van der Waals surface area (Å²) in [7, 11) is 1.82. The highest BCUT2D eigenvalue weighted by molar-refractivity contribution is 7.16. The van der Waals surface area contributed by atoms with Gasteiger partial charge in [-0.15, -0.1) is 21.5 Å². The molecule has 1 aliphatic rings. The minimum atomic E-state index is -0.107. The second kappa shape index (κ2) is 8.03. The Balaban J connectivity index is 1.52. The summed E-state index contributed by atoms with van der Waals surface area (Å²) >= 11 is 7.49. The van der Waals surface area contributed by atoms with Gasteiger partial charge in [-0.05, 0) is 29.7 Å². The number of fused-ring (bicyclic) bond motifs is 1. The first-order valence-corrected chi connectivity index (χ1v) is 10.3. The first-order valence-electron chi connectivity index (χ1n) is 9.08. The molecule has 1 aliphatic heterocycles. The molecule has 1 unspecified atom stereocenters. The lowest BCUT2D eigenvalue weighted by molar-refractivity contribution is -0.132. The van der Waals surface area contributed by atoms with Gasteiger partial charge in [0.05, 0.1) is 23.5 Å². The summed E-state index contributed by atoms with van der Waals surface area (Å²) in [6.07, 6.45) is 0.745. The molecular formula is C20H21ClN4O2S. The number of nitrogens with zero attached hydrogens (tertiary/aromatic N) is 4. The minimum Gasteiger partial charge on any atom is -0.424 e. The monoisotopic (exact) mass is 416 g/mol. The van der Waals surface area contributed by atoms with Crippen LogP contribution in [0.2, 0.25) is 4.34 Å². The number of rotatable bonds is 5. The van der Waals surface area contributed by atoms with Gasteiger partial charge in [0.2, 0.25) is 17.7 Å². The van der Waals surface area contributed by atoms with Crippen molar-refractivity contribution in [2.45, 2.75) is 32.5 Å². The van der Waals surface area contributed by atoms with Gasteiger partial charge in [0, 0.05) is 25.4 Å². The van der Waals surface area contributed by atoms with E-state index in [1.807, 2.05) is 31.3 Å². The van der Waals surface area contributed by atoms with E-state index < -0.39 is 0 Å². The van der Waals surface area contributed by atoms with Crippen molar-refractivity contribution in [3.05, 3.63) is 68.5 Å². The molecule has 3 heterocycles. The van der Waals surface area contributed by atoms with Gasteiger partial charge in [0.1, 0.15) is 0 Å². The molecule has 1 atom stereocenters. The molecule has 0 radical (unpaired) electrons. The third-order valence-electron chi connectivity index (χ3n) is 4.96. The quantitative estimate of drug-likeness (QED) is 0.632. The van der Waals surface area contributed by atoms with Crippen LogP contribution in [0.5, 0.6) is 0 Å². The summed E-state index contributed by atoms with van der Waals surface area (Å²) in [5.41, 5.74) is 2.49. The zero-order chi connectivity index (χ0) is 19.7. The van der Waals surface area contributed by atoms with Gasteiger partial charge in [0.25, 0.3) is 0 Å². The molecule has 0 saturated carbocycles. The number of hydrogen-bond acceptors (Lipinski definition) is 6. The molecule has 6 nitrogen and oxygen atoms in total. The van der Waals surface area contributed by atoms with E-state index in [4.69, 9.17) is 16.0 Å². The van der Waals surface area contributed by atoms with Gasteiger partial charge in [-0.1, -0.05) is 35.9 Å². The second-order valence-corrected chi connectivity index (χ2v) is 8.81. The fraction of sp³-hybridized carbons (Fsp3) is 0.350. The van der Waals surface area contributed by atoms with Gasteiger partial charge in [0.15, 0.2) is 0 Å². The van der Waals surface area contributed by atoms with E-state index in [1.54, 1.807) is 11.8 Å². The number of benzene rings is 1. The molecular weight excluding hydrogens is 396 g/mol. The van der Waals surface area contributed by atoms with Crippen LogP contribution in [0.25, 0.3) is 0 Å². The summed E-state index contributed by atoms with van der Waals surface area (Å²) in [6.45, 7) is 3.29. The topological polar surface area (TPSA) is 62.5 Å². The van der Waals surface area contributed by atoms with Crippen molar-refractivity contribution >= 4 is 28.8 Å². The number of carbonyl (C=O) groups excluding carboxylic acids is 1. The molecule has 3 aromatic rings. The Morgan fingerprint density at radius 3 is 2.75 bits per heavy atom. The number of hydrogen-bond donors (Lipinski definition) is 0. The lowest BCUT2D eigenvalue weighted by Gasteiger charge is -2.35. The number of amides is 1. The number of halogens is 1. The van der Waals surface area contributed by atoms with Crippen molar-refractivity contribution in [2.24, 2.45) is 0 Å². The van der Waals surface area contributed by atoms with Gasteiger partial charge in [-0.2, -0.15) is 0 Å². The van der Waals surface area contributed by atoms with Crippen LogP contribution in [-0.4, -0.2) is 39.5 Å². The Hall–Kier alpha value is -2.22. The largest absolute Gasteiger partial charge is 0.424 e. The Labute approximate surface area is 172 Å². The fourth-order valence-corrected chi connectivity index (χ4v) is 4.63. The molecule has 0 aliphatic carbocycles. The van der Waals surface area contributed by atoms with Gasteiger partial charge < -0.3 is 9.32 Å². The molecule has 146 valence electrons. The Bertz CT molecular complexity index is 986. The highest BCUT2D eigenvalue weighted by Crippen LogP contribution is 2.32. The normalized spacial score (nSPS) is 16.8. The lowest BCUT2D eigenvalue weighted by atomic mass is 9.94. The van der Waals surface area contributed by atoms with Gasteiger partial charge in [-0.25, -0.2) is 0 Å². The number of carbonyl (C=O) groups is 1. The molecule has 2 aromatic heterocycles. The van der Waals surface area contributed by atoms with Crippen LogP contribution >= 0.6 is 22.9 Å². The van der Waals surface area contributed by atoms with Crippen molar-refractivity contribution in [1.29, 1.82) is 0 Å². The summed E-state index contributed by atoms with van der Waals surface area (Å²) in [4.78, 5) is 17.8. The summed E-state index contributed by atoms with van der Waals surface area (Å²) in [5.74, 6) is 1.14. The number of thiophene rings is 1. The van der Waals surface area contributed by atoms with E-state index in [0.29, 0.717) is 24.9 Å². The van der Waals surface area contributed by atoms with Crippen molar-refractivity contribution in [3.8, 4) is 0 Å². The van der Waals surface area contributed by atoms with Crippen molar-refractivity contribution in [1.82, 2.24) is 20.0 Å². The van der Waals surface area contributed by atoms with Gasteiger partial charge in [-0.3, -0.25) is 9.69 Å². The molecule has 0 fully saturated rings. The predicted molar refractivity (Wildman–Crippen MR) is 108 cm³/mol. The molecule has 4 rings (SSSR count). The van der Waals surface area contributed by atoms with Crippen LogP contribution in [0.4, 0.5) is 0 Å². The number of likely N-dealkylation sites (N-methyl/N-ethyl adjacent to an activating group) is 1. The van der Waals surface area contributed by atoms with Crippen LogP contribution in [0.15, 0.2) is 40.8 Å².